The smallest absolute Gasteiger partial charge is 0.0367 e. The zero-order valence-corrected chi connectivity index (χ0v) is 15.5. The molecule has 0 unspecified atom stereocenters. The van der Waals surface area contributed by atoms with Crippen LogP contribution in [0.2, 0.25) is 0 Å². The fourth-order valence-corrected chi connectivity index (χ4v) is 6.23. The molecule has 0 aromatic heterocycles. The lowest BCUT2D eigenvalue weighted by Crippen LogP contribution is -2.54. The average molecular weight is 340 g/mol. The van der Waals surface area contributed by atoms with Crippen LogP contribution in [-0.4, -0.2) is 61.2 Å². The second-order valence-corrected chi connectivity index (χ2v) is 8.87. The van der Waals surface area contributed by atoms with Crippen LogP contribution in [0, 0.1) is 11.8 Å². The fraction of sp³-hybridized carbons (Fsp3) is 0.727. The molecule has 0 N–H and O–H groups in total. The van der Waals surface area contributed by atoms with Crippen LogP contribution in [0.4, 0.5) is 5.69 Å². The molecule has 0 radical (unpaired) electrons. The Labute approximate surface area is 153 Å². The summed E-state index contributed by atoms with van der Waals surface area (Å²) in [5, 5.41) is 0. The number of para-hydroxylation sites is 1. The molecule has 2 bridgehead atoms. The minimum atomic E-state index is 0.841. The maximum absolute atomic E-state index is 2.88. The summed E-state index contributed by atoms with van der Waals surface area (Å²) in [6.45, 7) is 7.59. The van der Waals surface area contributed by atoms with Crippen molar-refractivity contribution in [2.24, 2.45) is 11.8 Å². The largest absolute Gasteiger partial charge is 0.369 e. The molecule has 136 valence electrons. The molecule has 3 nitrogen and oxygen atoms in total. The Hall–Kier alpha value is -1.06. The van der Waals surface area contributed by atoms with Crippen molar-refractivity contribution < 1.29 is 0 Å². The number of hydrogen-bond acceptors (Lipinski definition) is 3. The van der Waals surface area contributed by atoms with Gasteiger partial charge in [0.05, 0.1) is 0 Å². The number of nitrogens with zero attached hydrogens (tertiary/aromatic N) is 3. The summed E-state index contributed by atoms with van der Waals surface area (Å²) in [6, 6.07) is 12.7. The van der Waals surface area contributed by atoms with Crippen molar-refractivity contribution in [3.63, 3.8) is 0 Å². The van der Waals surface area contributed by atoms with Crippen LogP contribution in [0.25, 0.3) is 0 Å². The lowest BCUT2D eigenvalue weighted by molar-refractivity contribution is 0.0618. The third-order valence-corrected chi connectivity index (χ3v) is 7.62. The summed E-state index contributed by atoms with van der Waals surface area (Å²) in [5.41, 5.74) is 1.40. The lowest BCUT2D eigenvalue weighted by atomic mass is 9.91. The molecule has 2 aliphatic carbocycles. The van der Waals surface area contributed by atoms with Gasteiger partial charge in [-0.25, -0.2) is 0 Å². The van der Waals surface area contributed by atoms with Crippen LogP contribution in [0.15, 0.2) is 30.3 Å². The third-order valence-electron chi connectivity index (χ3n) is 7.62. The van der Waals surface area contributed by atoms with Gasteiger partial charge < -0.3 is 4.90 Å². The molecule has 1 aromatic rings. The van der Waals surface area contributed by atoms with Crippen LogP contribution >= 0.6 is 0 Å². The average Bonchev–Trinajstić information content (AvgIpc) is 3.33. The Morgan fingerprint density at radius 3 is 2.08 bits per heavy atom. The van der Waals surface area contributed by atoms with Gasteiger partial charge in [0.1, 0.15) is 0 Å². The van der Waals surface area contributed by atoms with Crippen molar-refractivity contribution in [2.75, 3.05) is 44.2 Å². The molecule has 0 amide bonds. The zero-order chi connectivity index (χ0) is 16.6. The second kappa shape index (κ2) is 6.92. The molecule has 2 heterocycles. The van der Waals surface area contributed by atoms with E-state index in [0.29, 0.717) is 0 Å². The van der Waals surface area contributed by atoms with Gasteiger partial charge >= 0.3 is 0 Å². The highest BCUT2D eigenvalue weighted by molar-refractivity contribution is 5.46. The summed E-state index contributed by atoms with van der Waals surface area (Å²) < 4.78 is 0. The SMILES string of the molecule is c1ccc(N2CCN(C3CCN([C@@H]4C[C@@H]5CC[C@@H]4C5)CC3)CC2)cc1. The number of anilines is 1. The maximum atomic E-state index is 2.88. The summed E-state index contributed by atoms with van der Waals surface area (Å²) in [5.74, 6) is 2.13. The number of benzene rings is 1. The lowest BCUT2D eigenvalue weighted by Gasteiger charge is -2.45. The molecule has 25 heavy (non-hydrogen) atoms. The van der Waals surface area contributed by atoms with Crippen molar-refractivity contribution in [3.8, 4) is 0 Å². The van der Waals surface area contributed by atoms with Crippen LogP contribution in [0.1, 0.15) is 38.5 Å². The first-order valence-electron chi connectivity index (χ1n) is 10.6. The second-order valence-electron chi connectivity index (χ2n) is 8.87. The Bertz CT molecular complexity index is 558. The Morgan fingerprint density at radius 2 is 1.44 bits per heavy atom. The van der Waals surface area contributed by atoms with Crippen LogP contribution < -0.4 is 4.90 Å². The van der Waals surface area contributed by atoms with E-state index < -0.39 is 0 Å². The van der Waals surface area contributed by atoms with Gasteiger partial charge in [-0.2, -0.15) is 0 Å². The first-order valence-corrected chi connectivity index (χ1v) is 10.6. The van der Waals surface area contributed by atoms with E-state index in [0.717, 1.165) is 23.9 Å². The summed E-state index contributed by atoms with van der Waals surface area (Å²) in [7, 11) is 0. The molecule has 4 fully saturated rings. The van der Waals surface area contributed by atoms with Gasteiger partial charge in [0.25, 0.3) is 0 Å². The molecule has 1 aromatic carbocycles. The fourth-order valence-electron chi connectivity index (χ4n) is 6.23. The summed E-state index contributed by atoms with van der Waals surface area (Å²) >= 11 is 0. The summed E-state index contributed by atoms with van der Waals surface area (Å²) in [6.07, 6.45) is 8.93. The normalized spacial score (nSPS) is 34.7. The van der Waals surface area contributed by atoms with E-state index in [-0.39, 0.29) is 0 Å². The van der Waals surface area contributed by atoms with Crippen molar-refractivity contribution in [1.29, 1.82) is 0 Å². The predicted molar refractivity (Wildman–Crippen MR) is 104 cm³/mol. The first-order chi connectivity index (χ1) is 12.4. The highest BCUT2D eigenvalue weighted by Crippen LogP contribution is 2.47. The standard InChI is InChI=1S/C22H33N3/c1-2-4-20(5-3-1)23-12-14-24(15-13-23)21-8-10-25(11-9-21)22-17-18-6-7-19(22)16-18/h1-5,18-19,21-22H,6-17H2/t18-,19-,22-/m1/s1. The molecule has 2 saturated carbocycles. The first kappa shape index (κ1) is 16.1. The predicted octanol–water partition coefficient (Wildman–Crippen LogP) is 3.46. The molecule has 5 rings (SSSR count). The van der Waals surface area contributed by atoms with Crippen LogP contribution in [0.3, 0.4) is 0 Å². The van der Waals surface area contributed by atoms with Gasteiger partial charge in [0.2, 0.25) is 0 Å². The molecule has 2 saturated heterocycles. The quantitative estimate of drug-likeness (QED) is 0.835. The van der Waals surface area contributed by atoms with Gasteiger partial charge in [-0.05, 0) is 69.2 Å². The van der Waals surface area contributed by atoms with Gasteiger partial charge in [0, 0.05) is 44.0 Å². The van der Waals surface area contributed by atoms with E-state index in [1.807, 2.05) is 0 Å². The number of fused-ring (bicyclic) bond motifs is 2. The molecular formula is C22H33N3. The van der Waals surface area contributed by atoms with Crippen molar-refractivity contribution in [1.82, 2.24) is 9.80 Å². The molecule has 4 aliphatic rings. The highest BCUT2D eigenvalue weighted by Gasteiger charge is 2.43. The van der Waals surface area contributed by atoms with Crippen LogP contribution in [0.5, 0.6) is 0 Å². The molecule has 2 aliphatic heterocycles. The summed E-state index contributed by atoms with van der Waals surface area (Å²) in [4.78, 5) is 8.22. The van der Waals surface area contributed by atoms with Crippen LogP contribution in [-0.2, 0) is 0 Å². The minimum Gasteiger partial charge on any atom is -0.369 e. The van der Waals surface area contributed by atoms with Gasteiger partial charge in [-0.15, -0.1) is 0 Å². The number of rotatable bonds is 3. The number of likely N-dealkylation sites (tertiary alicyclic amines) is 1. The zero-order valence-electron chi connectivity index (χ0n) is 15.5. The van der Waals surface area contributed by atoms with Gasteiger partial charge in [-0.1, -0.05) is 24.6 Å². The Balaban J connectivity index is 1.11. The van der Waals surface area contributed by atoms with E-state index >= 15 is 0 Å². The molecular weight excluding hydrogens is 306 g/mol. The van der Waals surface area contributed by atoms with E-state index in [1.165, 1.54) is 77.1 Å². The monoisotopic (exact) mass is 339 g/mol. The Morgan fingerprint density at radius 1 is 0.680 bits per heavy atom. The Kier molecular flexibility index (Phi) is 4.47. The van der Waals surface area contributed by atoms with E-state index in [9.17, 15) is 0 Å². The van der Waals surface area contributed by atoms with E-state index in [4.69, 9.17) is 0 Å². The van der Waals surface area contributed by atoms with E-state index in [1.54, 1.807) is 6.42 Å². The maximum Gasteiger partial charge on any atom is 0.0367 e. The van der Waals surface area contributed by atoms with Gasteiger partial charge in [-0.3, -0.25) is 9.80 Å². The topological polar surface area (TPSA) is 9.72 Å². The van der Waals surface area contributed by atoms with Crippen molar-refractivity contribution >= 4 is 5.69 Å². The van der Waals surface area contributed by atoms with E-state index in [2.05, 4.69) is 45.0 Å². The van der Waals surface area contributed by atoms with Gasteiger partial charge in [0.15, 0.2) is 0 Å². The molecule has 3 atom stereocenters. The number of piperidine rings is 1. The number of hydrogen-bond donors (Lipinski definition) is 0. The minimum absolute atomic E-state index is 0.841. The number of piperazine rings is 1. The molecule has 3 heteroatoms. The van der Waals surface area contributed by atoms with Crippen molar-refractivity contribution in [2.45, 2.75) is 50.6 Å². The van der Waals surface area contributed by atoms with Crippen molar-refractivity contribution in [3.05, 3.63) is 30.3 Å². The third kappa shape index (κ3) is 3.21. The highest BCUT2D eigenvalue weighted by atomic mass is 15.3. The molecule has 0 spiro atoms.